The third-order valence-corrected chi connectivity index (χ3v) is 2.84. The van der Waals surface area contributed by atoms with Crippen molar-refractivity contribution < 1.29 is 4.74 Å². The molecule has 0 aromatic carbocycles. The molecule has 1 unspecified atom stereocenters. The van der Waals surface area contributed by atoms with E-state index in [2.05, 4.69) is 20.8 Å². The van der Waals surface area contributed by atoms with Gasteiger partial charge in [-0.25, -0.2) is 0 Å². The highest BCUT2D eigenvalue weighted by atomic mass is 16.5. The highest BCUT2D eigenvalue weighted by Gasteiger charge is 2.20. The monoisotopic (exact) mass is 236 g/mol. The molecule has 1 atom stereocenters. The summed E-state index contributed by atoms with van der Waals surface area (Å²) in [6, 6.07) is 4.67. The number of hydrogen-bond donors (Lipinski definition) is 2. The van der Waals surface area contributed by atoms with E-state index < -0.39 is 0 Å². The van der Waals surface area contributed by atoms with Gasteiger partial charge in [-0.05, 0) is 31.9 Å². The van der Waals surface area contributed by atoms with Gasteiger partial charge in [0.25, 0.3) is 0 Å². The Bertz CT molecular complexity index is 337. The maximum absolute atomic E-state index is 5.15. The van der Waals surface area contributed by atoms with Crippen LogP contribution in [0.5, 0.6) is 0 Å². The topological polar surface area (TPSA) is 59.1 Å². The van der Waals surface area contributed by atoms with Crippen LogP contribution in [0.2, 0.25) is 0 Å². The van der Waals surface area contributed by atoms with E-state index in [-0.39, 0.29) is 6.10 Å². The molecule has 1 fully saturated rings. The van der Waals surface area contributed by atoms with Crippen molar-refractivity contribution in [2.75, 3.05) is 19.0 Å². The minimum atomic E-state index is 0.174. The fourth-order valence-electron chi connectivity index (χ4n) is 1.42. The largest absolute Gasteiger partial charge is 0.380 e. The predicted octanol–water partition coefficient (Wildman–Crippen LogP) is 1.18. The Hall–Kier alpha value is -1.20. The Morgan fingerprint density at radius 2 is 2.24 bits per heavy atom. The lowest BCUT2D eigenvalue weighted by molar-refractivity contribution is 0.128. The molecule has 5 heteroatoms. The van der Waals surface area contributed by atoms with Gasteiger partial charge in [-0.1, -0.05) is 0 Å². The molecule has 0 bridgehead atoms. The molecular formula is C12H20N4O. The number of anilines is 1. The molecule has 1 aliphatic rings. The summed E-state index contributed by atoms with van der Waals surface area (Å²) < 4.78 is 5.15. The Morgan fingerprint density at radius 3 is 2.82 bits per heavy atom. The van der Waals surface area contributed by atoms with Gasteiger partial charge in [0.2, 0.25) is 0 Å². The number of ether oxygens (including phenoxy) is 1. The highest BCUT2D eigenvalue weighted by Crippen LogP contribution is 2.18. The van der Waals surface area contributed by atoms with Crippen LogP contribution in [0.1, 0.15) is 25.5 Å². The van der Waals surface area contributed by atoms with Gasteiger partial charge in [-0.2, -0.15) is 5.10 Å². The summed E-state index contributed by atoms with van der Waals surface area (Å²) in [5.41, 5.74) is 0.988. The van der Waals surface area contributed by atoms with Crippen LogP contribution < -0.4 is 10.6 Å². The Kier molecular flexibility index (Phi) is 4.28. The summed E-state index contributed by atoms with van der Waals surface area (Å²) in [5.74, 6) is 0.795. The zero-order valence-corrected chi connectivity index (χ0v) is 10.4. The fraction of sp³-hybridized carbons (Fsp3) is 0.667. The van der Waals surface area contributed by atoms with E-state index in [1.807, 2.05) is 19.1 Å². The second-order valence-electron chi connectivity index (χ2n) is 4.49. The van der Waals surface area contributed by atoms with Crippen molar-refractivity contribution in [2.45, 2.75) is 38.5 Å². The molecule has 0 amide bonds. The van der Waals surface area contributed by atoms with Crippen LogP contribution in [0, 0.1) is 0 Å². The number of nitrogens with zero attached hydrogens (tertiary/aromatic N) is 2. The molecule has 1 aliphatic carbocycles. The van der Waals surface area contributed by atoms with E-state index >= 15 is 0 Å². The number of methoxy groups -OCH3 is 1. The quantitative estimate of drug-likeness (QED) is 0.744. The molecule has 2 rings (SSSR count). The van der Waals surface area contributed by atoms with Crippen molar-refractivity contribution in [3.8, 4) is 0 Å². The van der Waals surface area contributed by atoms with Crippen molar-refractivity contribution in [3.05, 3.63) is 17.8 Å². The minimum Gasteiger partial charge on any atom is -0.380 e. The maximum atomic E-state index is 5.15. The zero-order chi connectivity index (χ0) is 12.1. The van der Waals surface area contributed by atoms with E-state index in [1.165, 1.54) is 12.8 Å². The first-order chi connectivity index (χ1) is 8.28. The first kappa shape index (κ1) is 12.3. The van der Waals surface area contributed by atoms with Crippen molar-refractivity contribution >= 4 is 5.82 Å². The van der Waals surface area contributed by atoms with Gasteiger partial charge in [0.05, 0.1) is 11.8 Å². The molecule has 0 radical (unpaired) electrons. The summed E-state index contributed by atoms with van der Waals surface area (Å²) in [5, 5.41) is 14.9. The van der Waals surface area contributed by atoms with Crippen LogP contribution >= 0.6 is 0 Å². The Labute approximate surface area is 102 Å². The molecule has 94 valence electrons. The molecule has 0 spiro atoms. The maximum Gasteiger partial charge on any atom is 0.148 e. The first-order valence-electron chi connectivity index (χ1n) is 6.10. The third kappa shape index (κ3) is 4.28. The second kappa shape index (κ2) is 5.93. The number of nitrogens with one attached hydrogen (secondary N) is 2. The molecule has 1 saturated carbocycles. The Balaban J connectivity index is 1.75. The van der Waals surface area contributed by atoms with E-state index in [0.717, 1.165) is 24.6 Å². The lowest BCUT2D eigenvalue weighted by Crippen LogP contribution is -2.19. The van der Waals surface area contributed by atoms with Gasteiger partial charge in [-0.15, -0.1) is 5.10 Å². The van der Waals surface area contributed by atoms with Crippen LogP contribution in [0.15, 0.2) is 12.1 Å². The van der Waals surface area contributed by atoms with Crippen LogP contribution in [-0.2, 0) is 11.3 Å². The van der Waals surface area contributed by atoms with Gasteiger partial charge >= 0.3 is 0 Å². The third-order valence-electron chi connectivity index (χ3n) is 2.84. The molecule has 1 aromatic heterocycles. The average Bonchev–Trinajstić information content (AvgIpc) is 3.18. The van der Waals surface area contributed by atoms with E-state index in [4.69, 9.17) is 4.74 Å². The zero-order valence-electron chi connectivity index (χ0n) is 10.4. The van der Waals surface area contributed by atoms with Gasteiger partial charge < -0.3 is 15.4 Å². The number of hydrogen-bond acceptors (Lipinski definition) is 5. The van der Waals surface area contributed by atoms with Gasteiger partial charge in [-0.3, -0.25) is 0 Å². The molecule has 1 aromatic rings. The number of rotatable bonds is 7. The summed E-state index contributed by atoms with van der Waals surface area (Å²) >= 11 is 0. The molecule has 0 aliphatic heterocycles. The molecule has 0 saturated heterocycles. The molecule has 1 heterocycles. The van der Waals surface area contributed by atoms with Gasteiger partial charge in [0.15, 0.2) is 0 Å². The lowest BCUT2D eigenvalue weighted by atomic mass is 10.3. The molecule has 17 heavy (non-hydrogen) atoms. The van der Waals surface area contributed by atoms with Crippen LogP contribution in [0.25, 0.3) is 0 Å². The SMILES string of the molecule is COC(C)CNc1ccc(CNC2CC2)nn1. The Morgan fingerprint density at radius 1 is 1.41 bits per heavy atom. The van der Waals surface area contributed by atoms with Gasteiger partial charge in [0, 0.05) is 26.2 Å². The summed E-state index contributed by atoms with van der Waals surface area (Å²) in [4.78, 5) is 0. The minimum absolute atomic E-state index is 0.174. The summed E-state index contributed by atoms with van der Waals surface area (Å²) in [6.45, 7) is 3.56. The number of aromatic nitrogens is 2. The van der Waals surface area contributed by atoms with Crippen molar-refractivity contribution in [1.29, 1.82) is 0 Å². The summed E-state index contributed by atoms with van der Waals surface area (Å²) in [6.07, 6.45) is 2.76. The van der Waals surface area contributed by atoms with Crippen molar-refractivity contribution in [3.63, 3.8) is 0 Å². The smallest absolute Gasteiger partial charge is 0.148 e. The van der Waals surface area contributed by atoms with Crippen molar-refractivity contribution in [1.82, 2.24) is 15.5 Å². The fourth-order valence-corrected chi connectivity index (χ4v) is 1.42. The van der Waals surface area contributed by atoms with Crippen LogP contribution in [0.4, 0.5) is 5.82 Å². The summed E-state index contributed by atoms with van der Waals surface area (Å²) in [7, 11) is 1.70. The lowest BCUT2D eigenvalue weighted by Gasteiger charge is -2.10. The van der Waals surface area contributed by atoms with E-state index in [0.29, 0.717) is 6.04 Å². The molecule has 5 nitrogen and oxygen atoms in total. The normalized spacial score (nSPS) is 16.8. The van der Waals surface area contributed by atoms with Crippen molar-refractivity contribution in [2.24, 2.45) is 0 Å². The highest BCUT2D eigenvalue weighted by molar-refractivity contribution is 5.32. The van der Waals surface area contributed by atoms with E-state index in [1.54, 1.807) is 7.11 Å². The van der Waals surface area contributed by atoms with Crippen LogP contribution in [-0.4, -0.2) is 36.0 Å². The van der Waals surface area contributed by atoms with Gasteiger partial charge in [0.1, 0.15) is 5.82 Å². The predicted molar refractivity (Wildman–Crippen MR) is 66.9 cm³/mol. The second-order valence-corrected chi connectivity index (χ2v) is 4.49. The standard InChI is InChI=1S/C12H20N4O/c1-9(17-2)7-14-12-6-5-11(15-16-12)8-13-10-3-4-10/h5-6,9-10,13H,3-4,7-8H2,1-2H3,(H,14,16). The molecule has 2 N–H and O–H groups in total. The first-order valence-corrected chi connectivity index (χ1v) is 6.10. The van der Waals surface area contributed by atoms with Crippen LogP contribution in [0.3, 0.4) is 0 Å². The molecular weight excluding hydrogens is 216 g/mol. The average molecular weight is 236 g/mol. The van der Waals surface area contributed by atoms with E-state index in [9.17, 15) is 0 Å².